The van der Waals surface area contributed by atoms with E-state index in [1.54, 1.807) is 0 Å². The highest BCUT2D eigenvalue weighted by Crippen LogP contribution is 2.52. The van der Waals surface area contributed by atoms with Crippen LogP contribution in [0.4, 0.5) is 0 Å². The first-order chi connectivity index (χ1) is 8.59. The number of nitrogens with one attached hydrogen (secondary N) is 1. The molecule has 1 saturated carbocycles. The Balaban J connectivity index is 1.51. The Kier molecular flexibility index (Phi) is 3.39. The molecule has 18 heavy (non-hydrogen) atoms. The van der Waals surface area contributed by atoms with Gasteiger partial charge in [-0.1, -0.05) is 13.8 Å². The topological polar surface area (TPSA) is 33.7 Å². The fraction of sp³-hybridized carbons (Fsp3) is 1.00. The van der Waals surface area contributed by atoms with Crippen LogP contribution in [-0.2, 0) is 9.47 Å². The molecule has 3 rings (SSSR count). The smallest absolute Gasteiger partial charge is 0.0826 e. The van der Waals surface area contributed by atoms with E-state index in [-0.39, 0.29) is 5.41 Å². The van der Waals surface area contributed by atoms with E-state index in [1.807, 2.05) is 0 Å². The molecule has 2 aliphatic heterocycles. The van der Waals surface area contributed by atoms with Crippen molar-refractivity contribution < 1.29 is 9.47 Å². The van der Waals surface area contributed by atoms with Crippen molar-refractivity contribution in [1.29, 1.82) is 0 Å². The predicted molar refractivity (Wildman–Crippen MR) is 70.7 cm³/mol. The Hall–Kier alpha value is -0.160. The molecule has 3 aliphatic rings. The molecular formula is C14H26N2O2. The maximum absolute atomic E-state index is 5.83. The van der Waals surface area contributed by atoms with Crippen LogP contribution < -0.4 is 5.32 Å². The van der Waals surface area contributed by atoms with Crippen LogP contribution in [0.5, 0.6) is 0 Å². The molecule has 3 fully saturated rings. The minimum absolute atomic E-state index is 0.279. The third kappa shape index (κ3) is 2.09. The van der Waals surface area contributed by atoms with Gasteiger partial charge in [0, 0.05) is 43.6 Å². The van der Waals surface area contributed by atoms with E-state index in [0.717, 1.165) is 38.8 Å². The summed E-state index contributed by atoms with van der Waals surface area (Å²) in [6.45, 7) is 9.54. The molecule has 2 heterocycles. The molecule has 104 valence electrons. The zero-order valence-electron chi connectivity index (χ0n) is 11.8. The Labute approximate surface area is 110 Å². The normalized spacial score (nSPS) is 43.5. The number of nitrogens with zero attached hydrogens (tertiary/aromatic N) is 1. The Morgan fingerprint density at radius 3 is 2.89 bits per heavy atom. The number of morpholine rings is 1. The lowest BCUT2D eigenvalue weighted by atomic mass is 9.57. The zero-order valence-corrected chi connectivity index (χ0v) is 11.8. The summed E-state index contributed by atoms with van der Waals surface area (Å²) in [6.07, 6.45) is 2.04. The van der Waals surface area contributed by atoms with Crippen molar-refractivity contribution in [1.82, 2.24) is 10.2 Å². The van der Waals surface area contributed by atoms with Crippen molar-refractivity contribution in [3.63, 3.8) is 0 Å². The SMILES string of the molecule is CN1CCOC(CNC2C3CCOC3C2(C)C)C1. The van der Waals surface area contributed by atoms with Crippen LogP contribution in [0.25, 0.3) is 0 Å². The molecule has 1 N–H and O–H groups in total. The maximum atomic E-state index is 5.83. The third-order valence-electron chi connectivity index (χ3n) is 5.01. The lowest BCUT2D eigenvalue weighted by Crippen LogP contribution is -2.66. The molecule has 4 unspecified atom stereocenters. The van der Waals surface area contributed by atoms with E-state index in [9.17, 15) is 0 Å². The van der Waals surface area contributed by atoms with Crippen molar-refractivity contribution in [3.05, 3.63) is 0 Å². The van der Waals surface area contributed by atoms with E-state index in [4.69, 9.17) is 9.47 Å². The van der Waals surface area contributed by atoms with Gasteiger partial charge in [-0.25, -0.2) is 0 Å². The third-order valence-corrected chi connectivity index (χ3v) is 5.01. The van der Waals surface area contributed by atoms with E-state index in [0.29, 0.717) is 18.2 Å². The molecule has 4 nitrogen and oxygen atoms in total. The Morgan fingerprint density at radius 1 is 1.28 bits per heavy atom. The van der Waals surface area contributed by atoms with Crippen molar-refractivity contribution in [2.45, 2.75) is 38.5 Å². The summed E-state index contributed by atoms with van der Waals surface area (Å²) < 4.78 is 11.6. The fourth-order valence-electron chi connectivity index (χ4n) is 3.99. The molecule has 0 amide bonds. The van der Waals surface area contributed by atoms with Crippen LogP contribution in [0.15, 0.2) is 0 Å². The highest BCUT2D eigenvalue weighted by Gasteiger charge is 2.59. The van der Waals surface area contributed by atoms with E-state index in [1.165, 1.54) is 6.42 Å². The highest BCUT2D eigenvalue weighted by molar-refractivity contribution is 5.11. The number of fused-ring (bicyclic) bond motifs is 1. The molecule has 0 spiro atoms. The second kappa shape index (κ2) is 4.75. The fourth-order valence-corrected chi connectivity index (χ4v) is 3.99. The quantitative estimate of drug-likeness (QED) is 0.805. The van der Waals surface area contributed by atoms with Crippen molar-refractivity contribution in [2.24, 2.45) is 11.3 Å². The lowest BCUT2D eigenvalue weighted by Gasteiger charge is -2.55. The van der Waals surface area contributed by atoms with Gasteiger partial charge in [-0.2, -0.15) is 0 Å². The van der Waals surface area contributed by atoms with Gasteiger partial charge >= 0.3 is 0 Å². The predicted octanol–water partition coefficient (Wildman–Crippen LogP) is 0.720. The summed E-state index contributed by atoms with van der Waals surface area (Å²) in [4.78, 5) is 2.35. The molecule has 0 radical (unpaired) electrons. The average molecular weight is 254 g/mol. The van der Waals surface area contributed by atoms with Gasteiger partial charge in [-0.05, 0) is 13.5 Å². The summed E-state index contributed by atoms with van der Waals surface area (Å²) in [6, 6.07) is 0.598. The summed E-state index contributed by atoms with van der Waals surface area (Å²) in [7, 11) is 2.17. The molecule has 0 aromatic rings. The first kappa shape index (κ1) is 12.9. The molecule has 1 aliphatic carbocycles. The highest BCUT2D eigenvalue weighted by atomic mass is 16.5. The minimum Gasteiger partial charge on any atom is -0.377 e. The largest absolute Gasteiger partial charge is 0.377 e. The second-order valence-corrected chi connectivity index (χ2v) is 6.71. The van der Waals surface area contributed by atoms with Crippen molar-refractivity contribution in [2.75, 3.05) is 39.9 Å². The average Bonchev–Trinajstić information content (AvgIpc) is 2.75. The van der Waals surface area contributed by atoms with Gasteiger partial charge in [-0.3, -0.25) is 0 Å². The zero-order chi connectivity index (χ0) is 12.8. The van der Waals surface area contributed by atoms with Crippen LogP contribution in [0, 0.1) is 11.3 Å². The number of ether oxygens (including phenoxy) is 2. The first-order valence-electron chi connectivity index (χ1n) is 7.24. The molecule has 0 aromatic heterocycles. The van der Waals surface area contributed by atoms with Gasteiger partial charge in [0.05, 0.1) is 18.8 Å². The van der Waals surface area contributed by atoms with Crippen molar-refractivity contribution >= 4 is 0 Å². The standard InChI is InChI=1S/C14H26N2O2/c1-14(2)12(11-4-6-18-13(11)14)15-8-10-9-16(3)5-7-17-10/h10-13,15H,4-9H2,1-3H3. The van der Waals surface area contributed by atoms with Gasteiger partial charge in [0.15, 0.2) is 0 Å². The first-order valence-corrected chi connectivity index (χ1v) is 7.24. The van der Waals surface area contributed by atoms with E-state index in [2.05, 4.69) is 31.1 Å². The van der Waals surface area contributed by atoms with Crippen molar-refractivity contribution in [3.8, 4) is 0 Å². The number of likely N-dealkylation sites (N-methyl/N-ethyl adjacent to an activating group) is 1. The number of rotatable bonds is 3. The molecule has 2 saturated heterocycles. The molecule has 0 bridgehead atoms. The second-order valence-electron chi connectivity index (χ2n) is 6.71. The van der Waals surface area contributed by atoms with Gasteiger partial charge in [0.2, 0.25) is 0 Å². The van der Waals surface area contributed by atoms with Gasteiger partial charge in [-0.15, -0.1) is 0 Å². The molecular weight excluding hydrogens is 228 g/mol. The lowest BCUT2D eigenvalue weighted by molar-refractivity contribution is -0.117. The minimum atomic E-state index is 0.279. The van der Waals surface area contributed by atoms with E-state index < -0.39 is 0 Å². The van der Waals surface area contributed by atoms with Gasteiger partial charge in [0.1, 0.15) is 0 Å². The van der Waals surface area contributed by atoms with Gasteiger partial charge in [0.25, 0.3) is 0 Å². The van der Waals surface area contributed by atoms with Crippen LogP contribution in [-0.4, -0.2) is 63.0 Å². The summed E-state index contributed by atoms with van der Waals surface area (Å²) >= 11 is 0. The molecule has 4 heteroatoms. The number of hydrogen-bond donors (Lipinski definition) is 1. The Bertz CT molecular complexity index is 308. The monoisotopic (exact) mass is 254 g/mol. The molecule has 0 aromatic carbocycles. The van der Waals surface area contributed by atoms with Crippen LogP contribution in [0.3, 0.4) is 0 Å². The maximum Gasteiger partial charge on any atom is 0.0826 e. The van der Waals surface area contributed by atoms with Gasteiger partial charge < -0.3 is 19.7 Å². The Morgan fingerprint density at radius 2 is 2.11 bits per heavy atom. The number of hydrogen-bond acceptors (Lipinski definition) is 4. The summed E-state index contributed by atoms with van der Waals surface area (Å²) in [5, 5.41) is 3.74. The van der Waals surface area contributed by atoms with E-state index >= 15 is 0 Å². The van der Waals surface area contributed by atoms with Crippen LogP contribution in [0.1, 0.15) is 20.3 Å². The van der Waals surface area contributed by atoms with Crippen LogP contribution >= 0.6 is 0 Å². The summed E-state index contributed by atoms with van der Waals surface area (Å²) in [5.41, 5.74) is 0.279. The summed E-state index contributed by atoms with van der Waals surface area (Å²) in [5.74, 6) is 0.723. The molecule has 4 atom stereocenters. The van der Waals surface area contributed by atoms with Crippen LogP contribution in [0.2, 0.25) is 0 Å².